The molecule has 0 saturated heterocycles. The summed E-state index contributed by atoms with van der Waals surface area (Å²) in [6.07, 6.45) is 5.48. The van der Waals surface area contributed by atoms with E-state index in [2.05, 4.69) is 44.3 Å². The lowest BCUT2D eigenvalue weighted by atomic mass is 9.99. The molecule has 0 aromatic heterocycles. The van der Waals surface area contributed by atoms with E-state index in [9.17, 15) is 0 Å². The standard InChI is InChI=1S/C17H27NO/c1-4-18-16(15-7-5-6-8-15)12-19-17-11-13(2)9-10-14(17)3/h9-11,15-16,18H,4-8,12H2,1-3H3. The zero-order valence-corrected chi connectivity index (χ0v) is 12.5. The molecule has 2 heteroatoms. The molecule has 1 atom stereocenters. The van der Waals surface area contributed by atoms with Crippen molar-refractivity contribution in [2.45, 2.75) is 52.5 Å². The number of nitrogens with one attached hydrogen (secondary N) is 1. The van der Waals surface area contributed by atoms with E-state index < -0.39 is 0 Å². The van der Waals surface area contributed by atoms with Crippen LogP contribution in [0.25, 0.3) is 0 Å². The second-order valence-corrected chi connectivity index (χ2v) is 5.79. The molecule has 1 unspecified atom stereocenters. The molecule has 0 radical (unpaired) electrons. The molecule has 0 heterocycles. The van der Waals surface area contributed by atoms with Gasteiger partial charge in [0, 0.05) is 6.04 Å². The highest BCUT2D eigenvalue weighted by Gasteiger charge is 2.24. The second kappa shape index (κ2) is 6.95. The Morgan fingerprint density at radius 2 is 2.00 bits per heavy atom. The zero-order valence-electron chi connectivity index (χ0n) is 12.5. The van der Waals surface area contributed by atoms with Crippen LogP contribution in [0.4, 0.5) is 0 Å². The summed E-state index contributed by atoms with van der Waals surface area (Å²) in [6, 6.07) is 6.93. The maximum Gasteiger partial charge on any atom is 0.122 e. The summed E-state index contributed by atoms with van der Waals surface area (Å²) in [4.78, 5) is 0. The Balaban J connectivity index is 1.95. The minimum atomic E-state index is 0.507. The minimum Gasteiger partial charge on any atom is -0.492 e. The smallest absolute Gasteiger partial charge is 0.122 e. The van der Waals surface area contributed by atoms with Crippen LogP contribution in [0.15, 0.2) is 18.2 Å². The Morgan fingerprint density at radius 1 is 1.26 bits per heavy atom. The summed E-state index contributed by atoms with van der Waals surface area (Å²) in [5.74, 6) is 1.84. The predicted octanol–water partition coefficient (Wildman–Crippen LogP) is 3.85. The van der Waals surface area contributed by atoms with E-state index in [-0.39, 0.29) is 0 Å². The first-order valence-electron chi connectivity index (χ1n) is 7.64. The highest BCUT2D eigenvalue weighted by molar-refractivity contribution is 5.35. The average molecular weight is 261 g/mol. The quantitative estimate of drug-likeness (QED) is 0.840. The summed E-state index contributed by atoms with van der Waals surface area (Å²) in [6.45, 7) is 8.23. The van der Waals surface area contributed by atoms with Crippen molar-refractivity contribution >= 4 is 0 Å². The van der Waals surface area contributed by atoms with Crippen LogP contribution in [-0.2, 0) is 0 Å². The van der Waals surface area contributed by atoms with Gasteiger partial charge in [-0.2, -0.15) is 0 Å². The molecule has 2 nitrogen and oxygen atoms in total. The number of ether oxygens (including phenoxy) is 1. The van der Waals surface area contributed by atoms with Crippen molar-refractivity contribution in [3.63, 3.8) is 0 Å². The largest absolute Gasteiger partial charge is 0.492 e. The molecule has 1 aromatic carbocycles. The third-order valence-electron chi connectivity index (χ3n) is 4.20. The fraction of sp³-hybridized carbons (Fsp3) is 0.647. The molecule has 0 spiro atoms. The van der Waals surface area contributed by atoms with Crippen LogP contribution in [-0.4, -0.2) is 19.2 Å². The van der Waals surface area contributed by atoms with E-state index in [1.807, 2.05) is 0 Å². The molecule has 0 amide bonds. The van der Waals surface area contributed by atoms with E-state index in [1.165, 1.54) is 36.8 Å². The molecule has 1 N–H and O–H groups in total. The first kappa shape index (κ1) is 14.4. The number of hydrogen-bond acceptors (Lipinski definition) is 2. The molecule has 0 aliphatic heterocycles. The van der Waals surface area contributed by atoms with Crippen LogP contribution < -0.4 is 10.1 Å². The Kier molecular flexibility index (Phi) is 5.26. The number of aryl methyl sites for hydroxylation is 2. The van der Waals surface area contributed by atoms with Crippen molar-refractivity contribution < 1.29 is 4.74 Å². The van der Waals surface area contributed by atoms with Crippen molar-refractivity contribution in [2.75, 3.05) is 13.2 Å². The van der Waals surface area contributed by atoms with Crippen LogP contribution in [0, 0.1) is 19.8 Å². The Bertz CT molecular complexity index is 396. The van der Waals surface area contributed by atoms with E-state index in [0.717, 1.165) is 24.8 Å². The highest BCUT2D eigenvalue weighted by atomic mass is 16.5. The van der Waals surface area contributed by atoms with Gasteiger partial charge in [0.15, 0.2) is 0 Å². The summed E-state index contributed by atoms with van der Waals surface area (Å²) in [7, 11) is 0. The summed E-state index contributed by atoms with van der Waals surface area (Å²) >= 11 is 0. The first-order chi connectivity index (χ1) is 9.20. The fourth-order valence-corrected chi connectivity index (χ4v) is 3.03. The van der Waals surface area contributed by atoms with Gasteiger partial charge in [0.25, 0.3) is 0 Å². The summed E-state index contributed by atoms with van der Waals surface area (Å²) < 4.78 is 6.08. The first-order valence-corrected chi connectivity index (χ1v) is 7.64. The van der Waals surface area contributed by atoms with Gasteiger partial charge in [-0.3, -0.25) is 0 Å². The number of hydrogen-bond donors (Lipinski definition) is 1. The van der Waals surface area contributed by atoms with Gasteiger partial charge >= 0.3 is 0 Å². The van der Waals surface area contributed by atoms with Gasteiger partial charge in [0.1, 0.15) is 12.4 Å². The van der Waals surface area contributed by atoms with Crippen LogP contribution in [0.2, 0.25) is 0 Å². The van der Waals surface area contributed by atoms with E-state index >= 15 is 0 Å². The molecule has 1 aliphatic carbocycles. The summed E-state index contributed by atoms with van der Waals surface area (Å²) in [5, 5.41) is 3.60. The molecule has 19 heavy (non-hydrogen) atoms. The number of rotatable bonds is 6. The topological polar surface area (TPSA) is 21.3 Å². The molecule has 106 valence electrons. The molecule has 1 saturated carbocycles. The minimum absolute atomic E-state index is 0.507. The maximum atomic E-state index is 6.08. The van der Waals surface area contributed by atoms with Gasteiger partial charge in [-0.1, -0.05) is 31.9 Å². The zero-order chi connectivity index (χ0) is 13.7. The molecule has 0 bridgehead atoms. The van der Waals surface area contributed by atoms with E-state index in [1.54, 1.807) is 0 Å². The molecule has 1 fully saturated rings. The molecule has 2 rings (SSSR count). The van der Waals surface area contributed by atoms with Gasteiger partial charge in [0.05, 0.1) is 0 Å². The SMILES string of the molecule is CCNC(COc1cc(C)ccc1C)C1CCCC1. The van der Waals surface area contributed by atoms with Crippen LogP contribution in [0.5, 0.6) is 5.75 Å². The lowest BCUT2D eigenvalue weighted by Gasteiger charge is -2.25. The summed E-state index contributed by atoms with van der Waals surface area (Å²) in [5.41, 5.74) is 2.49. The lowest BCUT2D eigenvalue weighted by molar-refractivity contribution is 0.218. The van der Waals surface area contributed by atoms with Crippen LogP contribution in [0.1, 0.15) is 43.7 Å². The van der Waals surface area contributed by atoms with Gasteiger partial charge in [-0.05, 0) is 56.3 Å². The maximum absolute atomic E-state index is 6.08. The van der Waals surface area contributed by atoms with Gasteiger partial charge < -0.3 is 10.1 Å². The van der Waals surface area contributed by atoms with Crippen molar-refractivity contribution in [2.24, 2.45) is 5.92 Å². The molecule has 1 aliphatic rings. The van der Waals surface area contributed by atoms with Crippen molar-refractivity contribution in [1.82, 2.24) is 5.32 Å². The molecular formula is C17H27NO. The molecular weight excluding hydrogens is 234 g/mol. The predicted molar refractivity (Wildman–Crippen MR) is 80.8 cm³/mol. The lowest BCUT2D eigenvalue weighted by Crippen LogP contribution is -2.40. The Hall–Kier alpha value is -1.02. The fourth-order valence-electron chi connectivity index (χ4n) is 3.03. The van der Waals surface area contributed by atoms with Crippen LogP contribution in [0.3, 0.4) is 0 Å². The van der Waals surface area contributed by atoms with Crippen LogP contribution >= 0.6 is 0 Å². The highest BCUT2D eigenvalue weighted by Crippen LogP contribution is 2.28. The van der Waals surface area contributed by atoms with Gasteiger partial charge in [-0.25, -0.2) is 0 Å². The number of likely N-dealkylation sites (N-methyl/N-ethyl adjacent to an activating group) is 1. The second-order valence-electron chi connectivity index (χ2n) is 5.79. The Morgan fingerprint density at radius 3 is 2.68 bits per heavy atom. The van der Waals surface area contributed by atoms with Crippen molar-refractivity contribution in [1.29, 1.82) is 0 Å². The number of benzene rings is 1. The monoisotopic (exact) mass is 261 g/mol. The van der Waals surface area contributed by atoms with Gasteiger partial charge in [-0.15, -0.1) is 0 Å². The third-order valence-corrected chi connectivity index (χ3v) is 4.20. The normalized spacial score (nSPS) is 17.6. The molecule has 1 aromatic rings. The van der Waals surface area contributed by atoms with Crippen molar-refractivity contribution in [3.05, 3.63) is 29.3 Å². The third kappa shape index (κ3) is 3.97. The average Bonchev–Trinajstić information content (AvgIpc) is 2.92. The Labute approximate surface area is 117 Å². The van der Waals surface area contributed by atoms with E-state index in [4.69, 9.17) is 4.74 Å². The van der Waals surface area contributed by atoms with Gasteiger partial charge in [0.2, 0.25) is 0 Å². The van der Waals surface area contributed by atoms with Crippen molar-refractivity contribution in [3.8, 4) is 5.75 Å². The van der Waals surface area contributed by atoms with E-state index in [0.29, 0.717) is 6.04 Å².